The van der Waals surface area contributed by atoms with Crippen LogP contribution < -0.4 is 5.73 Å². The number of carbonyl (C=O) groups is 1. The van der Waals surface area contributed by atoms with E-state index in [4.69, 9.17) is 10.5 Å². The molecular weight excluding hydrogens is 282 g/mol. The van der Waals surface area contributed by atoms with Gasteiger partial charge in [-0.25, -0.2) is 4.79 Å². The third kappa shape index (κ3) is 6.10. The number of piperidine rings is 1. The Balaban J connectivity index is 2.70. The average Bonchev–Trinajstić information content (AvgIpc) is 2.35. The van der Waals surface area contributed by atoms with Gasteiger partial charge >= 0.3 is 6.09 Å². The van der Waals surface area contributed by atoms with Crippen LogP contribution in [0.1, 0.15) is 40.0 Å². The molecule has 1 amide bonds. The lowest BCUT2D eigenvalue weighted by molar-refractivity contribution is -0.00792. The van der Waals surface area contributed by atoms with E-state index in [1.807, 2.05) is 39.8 Å². The smallest absolute Gasteiger partial charge is 0.410 e. The first-order valence-electron chi connectivity index (χ1n) is 8.08. The molecule has 6 heteroatoms. The van der Waals surface area contributed by atoms with E-state index in [1.165, 1.54) is 0 Å². The van der Waals surface area contributed by atoms with E-state index in [1.54, 1.807) is 4.90 Å². The molecule has 6 nitrogen and oxygen atoms in total. The van der Waals surface area contributed by atoms with Gasteiger partial charge in [-0.2, -0.15) is 0 Å². The molecule has 2 atom stereocenters. The van der Waals surface area contributed by atoms with Gasteiger partial charge in [-0.05, 0) is 60.7 Å². The highest BCUT2D eigenvalue weighted by Gasteiger charge is 2.38. The van der Waals surface area contributed by atoms with Crippen LogP contribution in [0.15, 0.2) is 0 Å². The molecule has 1 rings (SSSR count). The first-order chi connectivity index (χ1) is 10.1. The SMILES string of the molecule is CN(C)C[C@@H](O)C[C@@]1(CN)CCCN(C(=O)OC(C)(C)C)C1. The van der Waals surface area contributed by atoms with Gasteiger partial charge in [0.05, 0.1) is 6.10 Å². The van der Waals surface area contributed by atoms with E-state index in [2.05, 4.69) is 0 Å². The number of nitrogens with two attached hydrogens (primary N) is 1. The lowest BCUT2D eigenvalue weighted by atomic mass is 9.75. The number of aliphatic hydroxyl groups excluding tert-OH is 1. The Kier molecular flexibility index (Phi) is 6.65. The normalized spacial score (nSPS) is 24.5. The summed E-state index contributed by atoms with van der Waals surface area (Å²) < 4.78 is 5.46. The molecule has 0 aliphatic carbocycles. The van der Waals surface area contributed by atoms with E-state index in [-0.39, 0.29) is 11.5 Å². The Bertz CT molecular complexity index is 368. The lowest BCUT2D eigenvalue weighted by Gasteiger charge is -2.43. The number of amides is 1. The predicted octanol–water partition coefficient (Wildman–Crippen LogP) is 1.28. The third-order valence-corrected chi connectivity index (χ3v) is 3.99. The van der Waals surface area contributed by atoms with Crippen molar-refractivity contribution >= 4 is 6.09 Å². The summed E-state index contributed by atoms with van der Waals surface area (Å²) in [6.07, 6.45) is 1.73. The van der Waals surface area contributed by atoms with Gasteiger partial charge in [0.25, 0.3) is 0 Å². The summed E-state index contributed by atoms with van der Waals surface area (Å²) in [6.45, 7) is 7.93. The second kappa shape index (κ2) is 7.62. The lowest BCUT2D eigenvalue weighted by Crippen LogP contribution is -2.52. The number of likely N-dealkylation sites (tertiary alicyclic amines) is 1. The Morgan fingerprint density at radius 3 is 2.59 bits per heavy atom. The van der Waals surface area contributed by atoms with Crippen LogP contribution in [0.5, 0.6) is 0 Å². The van der Waals surface area contributed by atoms with Gasteiger partial charge in [-0.1, -0.05) is 0 Å². The molecule has 1 aliphatic heterocycles. The number of carbonyl (C=O) groups excluding carboxylic acids is 1. The summed E-state index contributed by atoms with van der Waals surface area (Å²) in [6, 6.07) is 0. The number of hydrogen-bond donors (Lipinski definition) is 2. The number of likely N-dealkylation sites (N-methyl/N-ethyl adjacent to an activating group) is 1. The third-order valence-electron chi connectivity index (χ3n) is 3.99. The maximum Gasteiger partial charge on any atom is 0.410 e. The van der Waals surface area contributed by atoms with Crippen LogP contribution in [-0.4, -0.2) is 73.0 Å². The summed E-state index contributed by atoms with van der Waals surface area (Å²) in [5.74, 6) is 0. The van der Waals surface area contributed by atoms with Crippen LogP contribution in [0.3, 0.4) is 0 Å². The Labute approximate surface area is 134 Å². The molecule has 0 spiro atoms. The first-order valence-corrected chi connectivity index (χ1v) is 8.08. The van der Waals surface area contributed by atoms with Crippen molar-refractivity contribution in [2.75, 3.05) is 40.3 Å². The van der Waals surface area contributed by atoms with Crippen LogP contribution in [0.2, 0.25) is 0 Å². The molecule has 130 valence electrons. The fourth-order valence-corrected chi connectivity index (χ4v) is 3.09. The minimum Gasteiger partial charge on any atom is -0.444 e. The zero-order valence-electron chi connectivity index (χ0n) is 14.8. The monoisotopic (exact) mass is 315 g/mol. The zero-order valence-corrected chi connectivity index (χ0v) is 14.8. The molecule has 1 saturated heterocycles. The molecule has 1 aliphatic rings. The molecule has 0 unspecified atom stereocenters. The van der Waals surface area contributed by atoms with Crippen molar-refractivity contribution in [3.05, 3.63) is 0 Å². The molecular formula is C16H33N3O3. The van der Waals surface area contributed by atoms with Crippen molar-refractivity contribution in [3.8, 4) is 0 Å². The number of aliphatic hydroxyl groups is 1. The van der Waals surface area contributed by atoms with Gasteiger partial charge in [0.15, 0.2) is 0 Å². The van der Waals surface area contributed by atoms with Crippen LogP contribution in [-0.2, 0) is 4.74 Å². The highest BCUT2D eigenvalue weighted by atomic mass is 16.6. The number of hydrogen-bond acceptors (Lipinski definition) is 5. The summed E-state index contributed by atoms with van der Waals surface area (Å²) in [7, 11) is 3.87. The van der Waals surface area contributed by atoms with Crippen molar-refractivity contribution in [3.63, 3.8) is 0 Å². The van der Waals surface area contributed by atoms with Crippen molar-refractivity contribution in [2.24, 2.45) is 11.1 Å². The van der Waals surface area contributed by atoms with Gasteiger partial charge in [0.2, 0.25) is 0 Å². The van der Waals surface area contributed by atoms with E-state index in [0.29, 0.717) is 32.6 Å². The average molecular weight is 315 g/mol. The second-order valence-corrected chi connectivity index (χ2v) is 7.83. The highest BCUT2D eigenvalue weighted by Crippen LogP contribution is 2.34. The van der Waals surface area contributed by atoms with Crippen LogP contribution in [0.25, 0.3) is 0 Å². The minimum absolute atomic E-state index is 0.218. The molecule has 22 heavy (non-hydrogen) atoms. The van der Waals surface area contributed by atoms with E-state index in [9.17, 15) is 9.90 Å². The molecule has 0 aromatic heterocycles. The molecule has 0 radical (unpaired) electrons. The van der Waals surface area contributed by atoms with Gasteiger partial charge in [-0.3, -0.25) is 0 Å². The predicted molar refractivity (Wildman–Crippen MR) is 87.7 cm³/mol. The fraction of sp³-hybridized carbons (Fsp3) is 0.938. The summed E-state index contributed by atoms with van der Waals surface area (Å²) in [4.78, 5) is 16.0. The molecule has 0 bridgehead atoms. The Morgan fingerprint density at radius 2 is 2.09 bits per heavy atom. The quantitative estimate of drug-likeness (QED) is 0.799. The molecule has 1 heterocycles. The Morgan fingerprint density at radius 1 is 1.45 bits per heavy atom. The molecule has 0 aromatic rings. The van der Waals surface area contributed by atoms with Crippen molar-refractivity contribution in [1.82, 2.24) is 9.80 Å². The van der Waals surface area contributed by atoms with Crippen LogP contribution in [0, 0.1) is 5.41 Å². The van der Waals surface area contributed by atoms with Gasteiger partial charge < -0.3 is 25.4 Å². The maximum absolute atomic E-state index is 12.3. The van der Waals surface area contributed by atoms with Crippen LogP contribution >= 0.6 is 0 Å². The van der Waals surface area contributed by atoms with Gasteiger partial charge in [-0.15, -0.1) is 0 Å². The topological polar surface area (TPSA) is 79.0 Å². The maximum atomic E-state index is 12.3. The molecule has 0 saturated carbocycles. The van der Waals surface area contributed by atoms with Crippen molar-refractivity contribution < 1.29 is 14.6 Å². The fourth-order valence-electron chi connectivity index (χ4n) is 3.09. The molecule has 1 fully saturated rings. The standard InChI is InChI=1S/C16H33N3O3/c1-15(2,3)22-14(21)19-8-6-7-16(11-17,12-19)9-13(20)10-18(4)5/h13,20H,6-12,17H2,1-5H3/t13-,16+/m0/s1. The van der Waals surface area contributed by atoms with E-state index >= 15 is 0 Å². The van der Waals surface area contributed by atoms with Gasteiger partial charge in [0.1, 0.15) is 5.60 Å². The van der Waals surface area contributed by atoms with E-state index in [0.717, 1.165) is 12.8 Å². The van der Waals surface area contributed by atoms with Crippen molar-refractivity contribution in [2.45, 2.75) is 51.7 Å². The van der Waals surface area contributed by atoms with Crippen molar-refractivity contribution in [1.29, 1.82) is 0 Å². The number of nitrogens with zero attached hydrogens (tertiary/aromatic N) is 2. The van der Waals surface area contributed by atoms with Gasteiger partial charge in [0, 0.05) is 25.0 Å². The minimum atomic E-state index is -0.496. The summed E-state index contributed by atoms with van der Waals surface area (Å²) in [5, 5.41) is 10.2. The number of rotatable bonds is 5. The molecule has 3 N–H and O–H groups in total. The number of ether oxygens (including phenoxy) is 1. The first kappa shape index (κ1) is 19.2. The zero-order chi connectivity index (χ0) is 17.0. The van der Waals surface area contributed by atoms with Crippen LogP contribution in [0.4, 0.5) is 4.79 Å². The summed E-state index contributed by atoms with van der Waals surface area (Å²) >= 11 is 0. The Hall–Kier alpha value is -0.850. The largest absolute Gasteiger partial charge is 0.444 e. The summed E-state index contributed by atoms with van der Waals surface area (Å²) in [5.41, 5.74) is 5.29. The van der Waals surface area contributed by atoms with E-state index < -0.39 is 11.7 Å². The second-order valence-electron chi connectivity index (χ2n) is 7.83. The molecule has 0 aromatic carbocycles. The highest BCUT2D eigenvalue weighted by molar-refractivity contribution is 5.68.